The summed E-state index contributed by atoms with van der Waals surface area (Å²) in [5.41, 5.74) is 3.83. The normalized spacial score (nSPS) is 14.9. The summed E-state index contributed by atoms with van der Waals surface area (Å²) in [7, 11) is 4.10. The molecule has 0 saturated carbocycles. The average Bonchev–Trinajstić information content (AvgIpc) is 3.21. The minimum atomic E-state index is -0.589. The van der Waals surface area contributed by atoms with E-state index in [0.717, 1.165) is 35.5 Å². The molecule has 3 aromatic carbocycles. The van der Waals surface area contributed by atoms with Crippen LogP contribution in [0.4, 0.5) is 11.4 Å². The maximum atomic E-state index is 13.3. The summed E-state index contributed by atoms with van der Waals surface area (Å²) in [5, 5.41) is 3.02. The minimum Gasteiger partial charge on any atom is -0.494 e. The van der Waals surface area contributed by atoms with Gasteiger partial charge in [0.2, 0.25) is 5.91 Å². The average molecular weight is 502 g/mol. The van der Waals surface area contributed by atoms with Crippen molar-refractivity contribution in [3.63, 3.8) is 0 Å². The third-order valence-electron chi connectivity index (χ3n) is 5.99. The topological polar surface area (TPSA) is 72.4 Å². The van der Waals surface area contributed by atoms with Gasteiger partial charge in [-0.2, -0.15) is 0 Å². The molecular formula is C30H35N3O4. The van der Waals surface area contributed by atoms with E-state index in [1.165, 1.54) is 0 Å². The van der Waals surface area contributed by atoms with E-state index in [9.17, 15) is 4.79 Å². The Morgan fingerprint density at radius 2 is 1.59 bits per heavy atom. The van der Waals surface area contributed by atoms with Gasteiger partial charge in [-0.25, -0.2) is 0 Å². The molecule has 1 atom stereocenters. The second-order valence-electron chi connectivity index (χ2n) is 9.04. The van der Waals surface area contributed by atoms with Gasteiger partial charge in [-0.1, -0.05) is 30.3 Å². The van der Waals surface area contributed by atoms with Gasteiger partial charge < -0.3 is 24.4 Å². The van der Waals surface area contributed by atoms with Crippen molar-refractivity contribution >= 4 is 23.0 Å². The molecule has 0 fully saturated rings. The Bertz CT molecular complexity index is 1220. The fourth-order valence-corrected chi connectivity index (χ4v) is 4.31. The molecule has 0 saturated heterocycles. The van der Waals surface area contributed by atoms with Gasteiger partial charge in [0.05, 0.1) is 31.2 Å². The van der Waals surface area contributed by atoms with Crippen LogP contribution in [0.5, 0.6) is 17.2 Å². The van der Waals surface area contributed by atoms with Crippen molar-refractivity contribution in [1.82, 2.24) is 4.90 Å². The van der Waals surface area contributed by atoms with Gasteiger partial charge in [0, 0.05) is 18.3 Å². The number of ether oxygens (including phenoxy) is 3. The second-order valence-corrected chi connectivity index (χ2v) is 9.04. The summed E-state index contributed by atoms with van der Waals surface area (Å²) >= 11 is 0. The molecule has 3 aromatic rings. The molecule has 1 unspecified atom stereocenters. The molecule has 0 bridgehead atoms. The third kappa shape index (κ3) is 6.49. The standard InChI is InChI=1S/C30H35N3O4/c1-5-35-26-19-24-25(20-27(26)36-6-2)32-30(34)28(24)29(21-11-8-7-9-12-21)31-22-13-15-23(16-14-22)37-18-10-17-33(3)4/h7-9,11-16,19-20,28H,5-6,10,17-18H2,1-4H3,(H,32,34). The molecule has 37 heavy (non-hydrogen) atoms. The second kappa shape index (κ2) is 12.4. The molecule has 4 rings (SSSR count). The third-order valence-corrected chi connectivity index (χ3v) is 5.99. The van der Waals surface area contributed by atoms with Crippen LogP contribution in [0.2, 0.25) is 0 Å². The number of hydrogen-bond donors (Lipinski definition) is 1. The van der Waals surface area contributed by atoms with Crippen LogP contribution >= 0.6 is 0 Å². The number of nitrogens with zero attached hydrogens (tertiary/aromatic N) is 2. The Kier molecular flexibility index (Phi) is 8.80. The molecule has 0 aromatic heterocycles. The molecule has 0 radical (unpaired) electrons. The number of carbonyl (C=O) groups excluding carboxylic acids is 1. The van der Waals surface area contributed by atoms with Gasteiger partial charge in [0.15, 0.2) is 11.5 Å². The van der Waals surface area contributed by atoms with E-state index in [1.54, 1.807) is 0 Å². The fourth-order valence-electron chi connectivity index (χ4n) is 4.31. The number of nitrogens with one attached hydrogen (secondary N) is 1. The van der Waals surface area contributed by atoms with Gasteiger partial charge in [-0.05, 0) is 75.8 Å². The number of carbonyl (C=O) groups is 1. The van der Waals surface area contributed by atoms with Crippen LogP contribution in [0.15, 0.2) is 71.7 Å². The molecular weight excluding hydrogens is 466 g/mol. The first-order valence-electron chi connectivity index (χ1n) is 12.8. The molecule has 0 aliphatic carbocycles. The van der Waals surface area contributed by atoms with Crippen molar-refractivity contribution < 1.29 is 19.0 Å². The van der Waals surface area contributed by atoms with Crippen LogP contribution in [-0.2, 0) is 4.79 Å². The van der Waals surface area contributed by atoms with Gasteiger partial charge in [0.25, 0.3) is 0 Å². The Hall–Kier alpha value is -3.84. The van der Waals surface area contributed by atoms with Crippen LogP contribution in [0.25, 0.3) is 0 Å². The van der Waals surface area contributed by atoms with Crippen molar-refractivity contribution in [2.45, 2.75) is 26.2 Å². The first-order valence-corrected chi connectivity index (χ1v) is 12.8. The molecule has 7 heteroatoms. The van der Waals surface area contributed by atoms with Crippen LogP contribution in [0.1, 0.15) is 37.3 Å². The fraction of sp³-hybridized carbons (Fsp3) is 0.333. The largest absolute Gasteiger partial charge is 0.494 e. The summed E-state index contributed by atoms with van der Waals surface area (Å²) in [4.78, 5) is 20.4. The number of anilines is 1. The Labute approximate surface area is 219 Å². The maximum absolute atomic E-state index is 13.3. The summed E-state index contributed by atoms with van der Waals surface area (Å²) < 4.78 is 17.5. The van der Waals surface area contributed by atoms with E-state index < -0.39 is 5.92 Å². The predicted molar refractivity (Wildman–Crippen MR) is 148 cm³/mol. The van der Waals surface area contributed by atoms with E-state index >= 15 is 0 Å². The van der Waals surface area contributed by atoms with Crippen LogP contribution in [-0.4, -0.2) is 57.0 Å². The minimum absolute atomic E-state index is 0.130. The van der Waals surface area contributed by atoms with Crippen LogP contribution < -0.4 is 19.5 Å². The molecule has 1 aliphatic rings. The lowest BCUT2D eigenvalue weighted by Gasteiger charge is -2.16. The van der Waals surface area contributed by atoms with E-state index in [0.29, 0.717) is 42.7 Å². The molecule has 1 amide bonds. The lowest BCUT2D eigenvalue weighted by molar-refractivity contribution is -0.115. The number of aliphatic imine (C=N–C) groups is 1. The zero-order valence-corrected chi connectivity index (χ0v) is 22.0. The molecule has 1 N–H and O–H groups in total. The van der Waals surface area contributed by atoms with Crippen molar-refractivity contribution in [2.75, 3.05) is 45.8 Å². The maximum Gasteiger partial charge on any atom is 0.238 e. The Morgan fingerprint density at radius 3 is 2.24 bits per heavy atom. The highest BCUT2D eigenvalue weighted by Crippen LogP contribution is 2.43. The van der Waals surface area contributed by atoms with E-state index in [4.69, 9.17) is 19.2 Å². The quantitative estimate of drug-likeness (QED) is 0.256. The molecule has 1 heterocycles. The van der Waals surface area contributed by atoms with Gasteiger partial charge in [-0.15, -0.1) is 0 Å². The zero-order chi connectivity index (χ0) is 26.2. The van der Waals surface area contributed by atoms with Gasteiger partial charge in [-0.3, -0.25) is 9.79 Å². The summed E-state index contributed by atoms with van der Waals surface area (Å²) in [6.07, 6.45) is 0.954. The number of hydrogen-bond acceptors (Lipinski definition) is 6. The first-order chi connectivity index (χ1) is 18.0. The lowest BCUT2D eigenvalue weighted by Crippen LogP contribution is -2.22. The monoisotopic (exact) mass is 501 g/mol. The van der Waals surface area contributed by atoms with Crippen molar-refractivity contribution in [3.05, 3.63) is 77.9 Å². The Balaban J connectivity index is 1.67. The van der Waals surface area contributed by atoms with Gasteiger partial charge in [0.1, 0.15) is 11.7 Å². The number of fused-ring (bicyclic) bond motifs is 1. The molecule has 0 spiro atoms. The highest BCUT2D eigenvalue weighted by atomic mass is 16.5. The van der Waals surface area contributed by atoms with Crippen LogP contribution in [0.3, 0.4) is 0 Å². The Morgan fingerprint density at radius 1 is 0.919 bits per heavy atom. The molecule has 7 nitrogen and oxygen atoms in total. The van der Waals surface area contributed by atoms with E-state index in [1.807, 2.05) is 80.6 Å². The van der Waals surface area contributed by atoms with Crippen molar-refractivity contribution in [1.29, 1.82) is 0 Å². The highest BCUT2D eigenvalue weighted by Gasteiger charge is 2.36. The zero-order valence-electron chi connectivity index (χ0n) is 22.0. The van der Waals surface area contributed by atoms with Gasteiger partial charge >= 0.3 is 0 Å². The van der Waals surface area contributed by atoms with E-state index in [2.05, 4.69) is 24.3 Å². The summed E-state index contributed by atoms with van der Waals surface area (Å²) in [5.74, 6) is 1.31. The van der Waals surface area contributed by atoms with Crippen molar-refractivity contribution in [3.8, 4) is 17.2 Å². The number of rotatable bonds is 12. The smallest absolute Gasteiger partial charge is 0.238 e. The summed E-state index contributed by atoms with van der Waals surface area (Å²) in [6, 6.07) is 21.2. The number of benzene rings is 3. The first kappa shape index (κ1) is 26.2. The molecule has 194 valence electrons. The van der Waals surface area contributed by atoms with E-state index in [-0.39, 0.29) is 5.91 Å². The van der Waals surface area contributed by atoms with Crippen molar-refractivity contribution in [2.24, 2.45) is 4.99 Å². The highest BCUT2D eigenvalue weighted by molar-refractivity contribution is 6.24. The summed E-state index contributed by atoms with van der Waals surface area (Å²) in [6.45, 7) is 6.48. The number of amides is 1. The predicted octanol–water partition coefficient (Wildman–Crippen LogP) is 5.67. The van der Waals surface area contributed by atoms with Crippen LogP contribution in [0, 0.1) is 0 Å². The molecule has 1 aliphatic heterocycles. The lowest BCUT2D eigenvalue weighted by atomic mass is 9.90. The SMILES string of the molecule is CCOc1cc2c(cc1OCC)C(C(=Nc1ccc(OCCCN(C)C)cc1)c1ccccc1)C(=O)N2.